The molecule has 0 atom stereocenters. The van der Waals surface area contributed by atoms with Crippen molar-refractivity contribution in [2.24, 2.45) is 0 Å². The number of halogens is 4. The first-order valence-corrected chi connectivity index (χ1v) is 7.23. The largest absolute Gasteiger partial charge is 0.478 e. The van der Waals surface area contributed by atoms with Gasteiger partial charge in [0.1, 0.15) is 5.82 Å². The molecule has 0 aliphatic carbocycles. The number of hydrogen-bond acceptors (Lipinski definition) is 1. The molecule has 8 heteroatoms. The van der Waals surface area contributed by atoms with Crippen molar-refractivity contribution in [3.8, 4) is 0 Å². The van der Waals surface area contributed by atoms with Crippen LogP contribution < -0.4 is 5.32 Å². The average Bonchev–Trinajstić information content (AvgIpc) is 2.48. The Morgan fingerprint density at radius 3 is 2.35 bits per heavy atom. The zero-order valence-electron chi connectivity index (χ0n) is 11.4. The van der Waals surface area contributed by atoms with Gasteiger partial charge in [-0.3, -0.25) is 0 Å². The third-order valence-electron chi connectivity index (χ3n) is 2.84. The van der Waals surface area contributed by atoms with E-state index in [0.29, 0.717) is 16.2 Å². The van der Waals surface area contributed by atoms with Crippen molar-refractivity contribution in [3.05, 3.63) is 59.4 Å². The summed E-state index contributed by atoms with van der Waals surface area (Å²) in [6, 6.07) is 7.85. The van der Waals surface area contributed by atoms with Crippen LogP contribution in [0.1, 0.15) is 15.9 Å². The van der Waals surface area contributed by atoms with E-state index in [1.165, 1.54) is 23.7 Å². The summed E-state index contributed by atoms with van der Waals surface area (Å²) in [6.07, 6.45) is -4.39. The number of benzene rings is 2. The van der Waals surface area contributed by atoms with Crippen molar-refractivity contribution in [1.82, 2.24) is 0 Å². The van der Waals surface area contributed by atoms with Gasteiger partial charge in [0.05, 0.1) is 16.8 Å². The van der Waals surface area contributed by atoms with Crippen molar-refractivity contribution in [2.45, 2.75) is 11.1 Å². The van der Waals surface area contributed by atoms with Crippen LogP contribution in [-0.2, 0) is 6.18 Å². The first-order valence-electron chi connectivity index (χ1n) is 6.26. The van der Waals surface area contributed by atoms with Crippen LogP contribution in [0.5, 0.6) is 0 Å². The summed E-state index contributed by atoms with van der Waals surface area (Å²) < 4.78 is 50.3. The number of carboxylic acid groups (broad SMARTS) is 1. The van der Waals surface area contributed by atoms with Crippen LogP contribution in [0.15, 0.2) is 47.4 Å². The van der Waals surface area contributed by atoms with E-state index in [4.69, 9.17) is 5.11 Å². The van der Waals surface area contributed by atoms with E-state index in [1.807, 2.05) is 0 Å². The third kappa shape index (κ3) is 4.56. The zero-order chi connectivity index (χ0) is 17.0. The SMILES string of the molecule is O=C(O)c1cc(F)ccc1NC=[SH]c1ccc(C(F)(F)F)cc1. The molecule has 2 aromatic carbocycles. The molecule has 23 heavy (non-hydrogen) atoms. The molecule has 0 amide bonds. The smallest absolute Gasteiger partial charge is 0.416 e. The molecule has 0 saturated carbocycles. The predicted octanol–water partition coefficient (Wildman–Crippen LogP) is 4.24. The minimum atomic E-state index is -4.39. The highest BCUT2D eigenvalue weighted by atomic mass is 32.1. The molecule has 0 aliphatic rings. The van der Waals surface area contributed by atoms with E-state index in [2.05, 4.69) is 5.32 Å². The zero-order valence-corrected chi connectivity index (χ0v) is 12.3. The number of thiol groups is 1. The maximum Gasteiger partial charge on any atom is 0.416 e. The van der Waals surface area contributed by atoms with Crippen LogP contribution in [0.25, 0.3) is 0 Å². The Balaban J connectivity index is 2.12. The summed E-state index contributed by atoms with van der Waals surface area (Å²) in [7, 11) is 0. The van der Waals surface area contributed by atoms with Gasteiger partial charge in [0.15, 0.2) is 0 Å². The second-order valence-electron chi connectivity index (χ2n) is 4.44. The van der Waals surface area contributed by atoms with Gasteiger partial charge in [-0.1, -0.05) is 0 Å². The van der Waals surface area contributed by atoms with Crippen molar-refractivity contribution in [3.63, 3.8) is 0 Å². The molecule has 0 bridgehead atoms. The average molecular weight is 345 g/mol. The highest BCUT2D eigenvalue weighted by Gasteiger charge is 2.29. The summed E-state index contributed by atoms with van der Waals surface area (Å²) in [5, 5.41) is 11.7. The molecule has 0 radical (unpaired) electrons. The molecular weight excluding hydrogens is 334 g/mol. The molecule has 2 N–H and O–H groups in total. The Hall–Kier alpha value is -2.35. The predicted molar refractivity (Wildman–Crippen MR) is 81.7 cm³/mol. The standard InChI is InChI=1S/C15H11F4NO2S/c16-10-3-6-13(12(7-10)14(21)22)20-8-23-11-4-1-9(2-5-11)15(17,18)19/h1-8,20,23H,(H,21,22). The highest BCUT2D eigenvalue weighted by molar-refractivity contribution is 7.97. The minimum absolute atomic E-state index is 0.193. The van der Waals surface area contributed by atoms with Gasteiger partial charge in [0, 0.05) is 10.4 Å². The molecule has 2 aromatic rings. The number of carboxylic acids is 1. The van der Waals surface area contributed by atoms with E-state index in [1.54, 1.807) is 0 Å². The molecule has 0 heterocycles. The monoisotopic (exact) mass is 345 g/mol. The summed E-state index contributed by atoms with van der Waals surface area (Å²) in [5.74, 6) is -1.96. The van der Waals surface area contributed by atoms with Crippen LogP contribution in [0.2, 0.25) is 0 Å². The van der Waals surface area contributed by atoms with Gasteiger partial charge in [-0.05, 0) is 42.5 Å². The molecular formula is C15H11F4NO2S. The molecule has 0 unspecified atom stereocenters. The first kappa shape index (κ1) is 17.0. The summed E-state index contributed by atoms with van der Waals surface area (Å²) in [5.41, 5.74) is 0.681. The van der Waals surface area contributed by atoms with Crippen LogP contribution in [0, 0.1) is 5.82 Å². The number of alkyl halides is 3. The van der Waals surface area contributed by atoms with Gasteiger partial charge in [0.25, 0.3) is 0 Å². The lowest BCUT2D eigenvalue weighted by Crippen LogP contribution is -2.05. The third-order valence-corrected chi connectivity index (χ3v) is 3.69. The summed E-state index contributed by atoms with van der Waals surface area (Å²) in [4.78, 5) is 11.6. The Labute approximate surface area is 132 Å². The molecule has 0 fully saturated rings. The van der Waals surface area contributed by atoms with Crippen molar-refractivity contribution < 1.29 is 27.5 Å². The summed E-state index contributed by atoms with van der Waals surface area (Å²) >= 11 is 0.538. The fourth-order valence-corrected chi connectivity index (χ4v) is 2.41. The van der Waals surface area contributed by atoms with E-state index in [9.17, 15) is 22.4 Å². The van der Waals surface area contributed by atoms with E-state index >= 15 is 0 Å². The molecule has 0 spiro atoms. The van der Waals surface area contributed by atoms with Crippen molar-refractivity contribution >= 4 is 28.5 Å². The topological polar surface area (TPSA) is 49.3 Å². The normalized spacial score (nSPS) is 12.0. The quantitative estimate of drug-likeness (QED) is 0.441. The lowest BCUT2D eigenvalue weighted by molar-refractivity contribution is -0.137. The van der Waals surface area contributed by atoms with Crippen molar-refractivity contribution in [1.29, 1.82) is 0 Å². The minimum Gasteiger partial charge on any atom is -0.478 e. The maximum absolute atomic E-state index is 13.0. The van der Waals surface area contributed by atoms with E-state index in [-0.39, 0.29) is 11.3 Å². The molecule has 0 saturated heterocycles. The lowest BCUT2D eigenvalue weighted by atomic mass is 10.2. The highest BCUT2D eigenvalue weighted by Crippen LogP contribution is 2.29. The van der Waals surface area contributed by atoms with Gasteiger partial charge >= 0.3 is 12.1 Å². The fraction of sp³-hybridized carbons (Fsp3) is 0.0667. The molecule has 3 nitrogen and oxygen atoms in total. The molecule has 122 valence electrons. The van der Waals surface area contributed by atoms with Gasteiger partial charge in [-0.2, -0.15) is 24.5 Å². The Morgan fingerprint density at radius 2 is 1.78 bits per heavy atom. The van der Waals surface area contributed by atoms with E-state index < -0.39 is 23.5 Å². The molecule has 2 rings (SSSR count). The molecule has 0 aromatic heterocycles. The fourth-order valence-electron chi connectivity index (χ4n) is 1.73. The Bertz CT molecular complexity index is 742. The van der Waals surface area contributed by atoms with Crippen LogP contribution in [-0.4, -0.2) is 16.6 Å². The summed E-state index contributed by atoms with van der Waals surface area (Å²) in [6.45, 7) is 0. The Kier molecular flexibility index (Phi) is 5.05. The van der Waals surface area contributed by atoms with Crippen molar-refractivity contribution in [2.75, 3.05) is 5.32 Å². The number of carbonyl (C=O) groups is 1. The lowest BCUT2D eigenvalue weighted by Gasteiger charge is -2.07. The second kappa shape index (κ2) is 6.82. The number of nitrogens with one attached hydrogen (secondary N) is 1. The van der Waals surface area contributed by atoms with E-state index in [0.717, 1.165) is 24.3 Å². The van der Waals surface area contributed by atoms with Crippen LogP contribution in [0.4, 0.5) is 23.2 Å². The number of aromatic carboxylic acids is 1. The number of anilines is 1. The maximum atomic E-state index is 13.0. The Morgan fingerprint density at radius 1 is 1.13 bits per heavy atom. The molecule has 0 aliphatic heterocycles. The van der Waals surface area contributed by atoms with Gasteiger partial charge in [-0.15, -0.1) is 0 Å². The van der Waals surface area contributed by atoms with Gasteiger partial charge in [0.2, 0.25) is 0 Å². The van der Waals surface area contributed by atoms with Gasteiger partial charge < -0.3 is 10.4 Å². The van der Waals surface area contributed by atoms with Crippen LogP contribution in [0.3, 0.4) is 0 Å². The number of rotatable bonds is 4. The second-order valence-corrected chi connectivity index (χ2v) is 5.48. The first-order chi connectivity index (χ1) is 10.8. The van der Waals surface area contributed by atoms with Crippen LogP contribution >= 0.6 is 11.4 Å². The number of hydrogen-bond donors (Lipinski definition) is 3. The van der Waals surface area contributed by atoms with Gasteiger partial charge in [-0.25, -0.2) is 9.18 Å².